The van der Waals surface area contributed by atoms with Gasteiger partial charge in [-0.05, 0) is 30.7 Å². The summed E-state index contributed by atoms with van der Waals surface area (Å²) >= 11 is 6.01. The topological polar surface area (TPSA) is 35.5 Å². The number of likely N-dealkylation sites (N-methyl/N-ethyl adjacent to an activating group) is 1. The van der Waals surface area contributed by atoms with Crippen molar-refractivity contribution in [1.29, 1.82) is 0 Å². The molecule has 0 saturated carbocycles. The van der Waals surface area contributed by atoms with Gasteiger partial charge in [0.2, 0.25) is 0 Å². The van der Waals surface area contributed by atoms with E-state index in [1.54, 1.807) is 0 Å². The monoisotopic (exact) mass is 256 g/mol. The quantitative estimate of drug-likeness (QED) is 0.735. The Morgan fingerprint density at radius 1 is 1.41 bits per heavy atom. The number of nitrogens with zero attached hydrogens (tertiary/aromatic N) is 1. The SMILES string of the molecule is CCCNCc1ccc(Cl)cc1N(C)CCO. The Morgan fingerprint density at radius 2 is 2.18 bits per heavy atom. The summed E-state index contributed by atoms with van der Waals surface area (Å²) in [6.45, 7) is 4.74. The van der Waals surface area contributed by atoms with Crippen molar-refractivity contribution in [2.45, 2.75) is 19.9 Å². The van der Waals surface area contributed by atoms with Crippen molar-refractivity contribution in [2.75, 3.05) is 31.6 Å². The second-order valence-corrected chi connectivity index (χ2v) is 4.53. The van der Waals surface area contributed by atoms with E-state index in [0.717, 1.165) is 30.2 Å². The first-order valence-corrected chi connectivity index (χ1v) is 6.38. The average molecular weight is 257 g/mol. The highest BCUT2D eigenvalue weighted by Gasteiger charge is 2.07. The maximum Gasteiger partial charge on any atom is 0.0606 e. The molecule has 0 heterocycles. The van der Waals surface area contributed by atoms with E-state index in [4.69, 9.17) is 16.7 Å². The van der Waals surface area contributed by atoms with Crippen molar-refractivity contribution < 1.29 is 5.11 Å². The molecule has 0 aliphatic rings. The van der Waals surface area contributed by atoms with Crippen LogP contribution in [0.3, 0.4) is 0 Å². The van der Waals surface area contributed by atoms with Gasteiger partial charge >= 0.3 is 0 Å². The molecule has 17 heavy (non-hydrogen) atoms. The second-order valence-electron chi connectivity index (χ2n) is 4.09. The first-order chi connectivity index (χ1) is 8.19. The van der Waals surface area contributed by atoms with Crippen molar-refractivity contribution in [1.82, 2.24) is 5.32 Å². The maximum atomic E-state index is 8.98. The van der Waals surface area contributed by atoms with Crippen LogP contribution < -0.4 is 10.2 Å². The number of aliphatic hydroxyl groups is 1. The van der Waals surface area contributed by atoms with E-state index in [0.29, 0.717) is 6.54 Å². The number of rotatable bonds is 7. The fourth-order valence-electron chi connectivity index (χ4n) is 1.71. The van der Waals surface area contributed by atoms with Gasteiger partial charge in [-0.25, -0.2) is 0 Å². The summed E-state index contributed by atoms with van der Waals surface area (Å²) in [5.41, 5.74) is 2.29. The third-order valence-electron chi connectivity index (χ3n) is 2.64. The first kappa shape index (κ1) is 14.3. The lowest BCUT2D eigenvalue weighted by Crippen LogP contribution is -2.24. The van der Waals surface area contributed by atoms with Crippen molar-refractivity contribution in [3.8, 4) is 0 Å². The molecule has 1 aromatic carbocycles. The van der Waals surface area contributed by atoms with Crippen LogP contribution >= 0.6 is 11.6 Å². The minimum absolute atomic E-state index is 0.144. The Bertz CT molecular complexity index is 344. The molecular weight excluding hydrogens is 236 g/mol. The summed E-state index contributed by atoms with van der Waals surface area (Å²) in [6.07, 6.45) is 1.12. The Morgan fingerprint density at radius 3 is 2.82 bits per heavy atom. The molecule has 0 aliphatic heterocycles. The van der Waals surface area contributed by atoms with Gasteiger partial charge in [0.05, 0.1) is 6.61 Å². The number of hydrogen-bond donors (Lipinski definition) is 2. The Kier molecular flexibility index (Phi) is 6.34. The molecule has 0 bridgehead atoms. The lowest BCUT2D eigenvalue weighted by Gasteiger charge is -2.22. The minimum atomic E-state index is 0.144. The number of benzene rings is 1. The van der Waals surface area contributed by atoms with Gasteiger partial charge in [0.15, 0.2) is 0 Å². The van der Waals surface area contributed by atoms with Crippen LogP contribution in [-0.2, 0) is 6.54 Å². The third-order valence-corrected chi connectivity index (χ3v) is 2.87. The maximum absolute atomic E-state index is 8.98. The standard InChI is InChI=1S/C13H21ClN2O/c1-3-6-15-10-11-4-5-12(14)9-13(11)16(2)7-8-17/h4-5,9,15,17H,3,6-8,10H2,1-2H3. The van der Waals surface area contributed by atoms with Gasteiger partial charge < -0.3 is 15.3 Å². The van der Waals surface area contributed by atoms with E-state index in [1.807, 2.05) is 30.1 Å². The van der Waals surface area contributed by atoms with E-state index < -0.39 is 0 Å². The minimum Gasteiger partial charge on any atom is -0.395 e. The van der Waals surface area contributed by atoms with E-state index in [9.17, 15) is 0 Å². The Labute approximate surface area is 108 Å². The first-order valence-electron chi connectivity index (χ1n) is 6.00. The van der Waals surface area contributed by atoms with E-state index in [2.05, 4.69) is 12.2 Å². The number of hydrogen-bond acceptors (Lipinski definition) is 3. The van der Waals surface area contributed by atoms with Gasteiger partial charge in [0, 0.05) is 30.8 Å². The molecule has 2 N–H and O–H groups in total. The summed E-state index contributed by atoms with van der Waals surface area (Å²) in [5, 5.41) is 13.1. The number of halogens is 1. The zero-order valence-corrected chi connectivity index (χ0v) is 11.3. The molecule has 3 nitrogen and oxygen atoms in total. The zero-order valence-electron chi connectivity index (χ0n) is 10.5. The van der Waals surface area contributed by atoms with Crippen LogP contribution in [0.2, 0.25) is 5.02 Å². The Balaban J connectivity index is 2.79. The third kappa shape index (κ3) is 4.54. The molecule has 96 valence electrons. The number of nitrogens with one attached hydrogen (secondary N) is 1. The van der Waals surface area contributed by atoms with E-state index in [-0.39, 0.29) is 6.61 Å². The summed E-state index contributed by atoms with van der Waals surface area (Å²) in [6, 6.07) is 5.88. The van der Waals surface area contributed by atoms with Crippen molar-refractivity contribution in [3.05, 3.63) is 28.8 Å². The molecule has 0 radical (unpaired) electrons. The van der Waals surface area contributed by atoms with Crippen LogP contribution in [-0.4, -0.2) is 31.9 Å². The van der Waals surface area contributed by atoms with E-state index in [1.165, 1.54) is 5.56 Å². The molecule has 0 aromatic heterocycles. The molecule has 0 unspecified atom stereocenters. The van der Waals surface area contributed by atoms with Crippen molar-refractivity contribution in [2.24, 2.45) is 0 Å². The molecule has 0 aliphatic carbocycles. The normalized spacial score (nSPS) is 10.6. The van der Waals surface area contributed by atoms with Crippen LogP contribution in [0, 0.1) is 0 Å². The molecule has 0 atom stereocenters. The fraction of sp³-hybridized carbons (Fsp3) is 0.538. The highest BCUT2D eigenvalue weighted by Crippen LogP contribution is 2.23. The van der Waals surface area contributed by atoms with Crippen LogP contribution in [0.25, 0.3) is 0 Å². The lowest BCUT2D eigenvalue weighted by molar-refractivity contribution is 0.304. The second kappa shape index (κ2) is 7.54. The average Bonchev–Trinajstić information content (AvgIpc) is 2.31. The van der Waals surface area contributed by atoms with Gasteiger partial charge in [0.25, 0.3) is 0 Å². The molecule has 1 aromatic rings. The fourth-order valence-corrected chi connectivity index (χ4v) is 1.88. The molecule has 0 amide bonds. The van der Waals surface area contributed by atoms with Gasteiger partial charge in [-0.3, -0.25) is 0 Å². The largest absolute Gasteiger partial charge is 0.395 e. The van der Waals surface area contributed by atoms with Crippen molar-refractivity contribution in [3.63, 3.8) is 0 Å². The zero-order chi connectivity index (χ0) is 12.7. The number of aliphatic hydroxyl groups excluding tert-OH is 1. The lowest BCUT2D eigenvalue weighted by atomic mass is 10.1. The predicted molar refractivity (Wildman–Crippen MR) is 73.8 cm³/mol. The highest BCUT2D eigenvalue weighted by molar-refractivity contribution is 6.30. The smallest absolute Gasteiger partial charge is 0.0606 e. The van der Waals surface area contributed by atoms with Crippen LogP contribution in [0.4, 0.5) is 5.69 Å². The highest BCUT2D eigenvalue weighted by atomic mass is 35.5. The van der Waals surface area contributed by atoms with Gasteiger partial charge in [-0.1, -0.05) is 24.6 Å². The molecule has 4 heteroatoms. The predicted octanol–water partition coefficient (Wildman–Crippen LogP) is 2.27. The number of anilines is 1. The summed E-state index contributed by atoms with van der Waals surface area (Å²) in [4.78, 5) is 2.02. The molecule has 0 spiro atoms. The molecule has 0 saturated heterocycles. The van der Waals surface area contributed by atoms with Gasteiger partial charge in [-0.2, -0.15) is 0 Å². The molecule has 0 fully saturated rings. The Hall–Kier alpha value is -0.770. The summed E-state index contributed by atoms with van der Waals surface area (Å²) in [7, 11) is 1.96. The van der Waals surface area contributed by atoms with Crippen LogP contribution in [0.15, 0.2) is 18.2 Å². The molecule has 1 rings (SSSR count). The summed E-state index contributed by atoms with van der Waals surface area (Å²) < 4.78 is 0. The van der Waals surface area contributed by atoms with Gasteiger partial charge in [-0.15, -0.1) is 0 Å². The van der Waals surface area contributed by atoms with Crippen LogP contribution in [0.1, 0.15) is 18.9 Å². The van der Waals surface area contributed by atoms with E-state index >= 15 is 0 Å². The van der Waals surface area contributed by atoms with Crippen LogP contribution in [0.5, 0.6) is 0 Å². The summed E-state index contributed by atoms with van der Waals surface area (Å²) in [5.74, 6) is 0. The molecular formula is C13H21ClN2O. The van der Waals surface area contributed by atoms with Crippen molar-refractivity contribution >= 4 is 17.3 Å². The van der Waals surface area contributed by atoms with Gasteiger partial charge in [0.1, 0.15) is 0 Å².